The molecular weight excluding hydrogens is 224 g/mol. The average Bonchev–Trinajstić information content (AvgIpc) is 2.26. The van der Waals surface area contributed by atoms with E-state index in [1.54, 1.807) is 11.9 Å². The van der Waals surface area contributed by atoms with Crippen molar-refractivity contribution in [3.63, 3.8) is 0 Å². The van der Waals surface area contributed by atoms with E-state index >= 15 is 0 Å². The molecule has 0 unspecified atom stereocenters. The van der Waals surface area contributed by atoms with Crippen LogP contribution in [-0.2, 0) is 0 Å². The fraction of sp³-hybridized carbons (Fsp3) is 0.538. The van der Waals surface area contributed by atoms with Crippen molar-refractivity contribution in [2.45, 2.75) is 19.3 Å². The molecule has 0 saturated heterocycles. The summed E-state index contributed by atoms with van der Waals surface area (Å²) in [5.41, 5.74) is 0.123. The molecule has 1 aromatic rings. The van der Waals surface area contributed by atoms with Crippen molar-refractivity contribution in [2.24, 2.45) is 5.41 Å². The number of nitrogens with zero attached hydrogens (tertiary/aromatic N) is 1. The Morgan fingerprint density at radius 1 is 1.35 bits per heavy atom. The van der Waals surface area contributed by atoms with Gasteiger partial charge in [-0.05, 0) is 25.0 Å². The molecular formula is C13H17F2NO. The molecule has 0 atom stereocenters. The first kappa shape index (κ1) is 12.3. The number of hydrogen-bond donors (Lipinski definition) is 1. The lowest BCUT2D eigenvalue weighted by molar-refractivity contribution is 0.0523. The van der Waals surface area contributed by atoms with Crippen LogP contribution in [0.4, 0.5) is 14.5 Å². The van der Waals surface area contributed by atoms with Crippen molar-refractivity contribution < 1.29 is 13.9 Å². The fourth-order valence-electron chi connectivity index (χ4n) is 2.41. The Hall–Kier alpha value is -1.16. The van der Waals surface area contributed by atoms with E-state index in [1.165, 1.54) is 6.07 Å². The fourth-order valence-corrected chi connectivity index (χ4v) is 2.41. The minimum Gasteiger partial charge on any atom is -0.396 e. The zero-order chi connectivity index (χ0) is 12.5. The van der Waals surface area contributed by atoms with Crippen LogP contribution >= 0.6 is 0 Å². The van der Waals surface area contributed by atoms with Crippen LogP contribution in [0.1, 0.15) is 19.3 Å². The van der Waals surface area contributed by atoms with Gasteiger partial charge in [0.1, 0.15) is 11.6 Å². The minimum absolute atomic E-state index is 0.105. The highest BCUT2D eigenvalue weighted by molar-refractivity contribution is 5.47. The average molecular weight is 241 g/mol. The monoisotopic (exact) mass is 241 g/mol. The van der Waals surface area contributed by atoms with E-state index in [4.69, 9.17) is 0 Å². The van der Waals surface area contributed by atoms with Crippen molar-refractivity contribution >= 4 is 5.69 Å². The second-order valence-electron chi connectivity index (χ2n) is 4.96. The standard InChI is InChI=1S/C13H17F2NO/c1-16(8-13(9-17)5-2-6-13)12-7-10(14)3-4-11(12)15/h3-4,7,17H,2,5-6,8-9H2,1H3. The van der Waals surface area contributed by atoms with Crippen molar-refractivity contribution in [1.82, 2.24) is 0 Å². The van der Waals surface area contributed by atoms with E-state index < -0.39 is 11.6 Å². The summed E-state index contributed by atoms with van der Waals surface area (Å²) in [5, 5.41) is 9.36. The van der Waals surface area contributed by atoms with E-state index in [2.05, 4.69) is 0 Å². The van der Waals surface area contributed by atoms with Crippen LogP contribution in [-0.4, -0.2) is 25.3 Å². The summed E-state index contributed by atoms with van der Waals surface area (Å²) in [6, 6.07) is 3.43. The van der Waals surface area contributed by atoms with Gasteiger partial charge in [-0.1, -0.05) is 6.42 Å². The first-order valence-electron chi connectivity index (χ1n) is 5.83. The molecule has 0 bridgehead atoms. The van der Waals surface area contributed by atoms with Crippen LogP contribution in [0.25, 0.3) is 0 Å². The Bertz CT molecular complexity index is 399. The predicted octanol–water partition coefficient (Wildman–Crippen LogP) is 2.56. The van der Waals surface area contributed by atoms with Gasteiger partial charge in [0.2, 0.25) is 0 Å². The maximum atomic E-state index is 13.6. The number of benzene rings is 1. The van der Waals surface area contributed by atoms with Gasteiger partial charge < -0.3 is 10.0 Å². The van der Waals surface area contributed by atoms with Crippen molar-refractivity contribution in [3.8, 4) is 0 Å². The molecule has 1 saturated carbocycles. The Labute approximate surface area is 99.9 Å². The summed E-state index contributed by atoms with van der Waals surface area (Å²) in [7, 11) is 1.73. The topological polar surface area (TPSA) is 23.5 Å². The second kappa shape index (κ2) is 4.61. The third-order valence-electron chi connectivity index (χ3n) is 3.64. The molecule has 0 spiro atoms. The summed E-state index contributed by atoms with van der Waals surface area (Å²) >= 11 is 0. The van der Waals surface area contributed by atoms with Gasteiger partial charge in [0.25, 0.3) is 0 Å². The number of aliphatic hydroxyl groups is 1. The van der Waals surface area contributed by atoms with Gasteiger partial charge in [-0.3, -0.25) is 0 Å². The normalized spacial score (nSPS) is 17.6. The lowest BCUT2D eigenvalue weighted by Crippen LogP contribution is -2.43. The van der Waals surface area contributed by atoms with Gasteiger partial charge in [0.05, 0.1) is 12.3 Å². The van der Waals surface area contributed by atoms with Crippen LogP contribution in [0, 0.1) is 17.0 Å². The van der Waals surface area contributed by atoms with E-state index in [1.807, 2.05) is 0 Å². The van der Waals surface area contributed by atoms with Crippen LogP contribution in [0.5, 0.6) is 0 Å². The van der Waals surface area contributed by atoms with Crippen molar-refractivity contribution in [2.75, 3.05) is 25.1 Å². The Morgan fingerprint density at radius 2 is 2.06 bits per heavy atom. The molecule has 4 heteroatoms. The zero-order valence-corrected chi connectivity index (χ0v) is 9.92. The largest absolute Gasteiger partial charge is 0.396 e. The van der Waals surface area contributed by atoms with Gasteiger partial charge >= 0.3 is 0 Å². The maximum absolute atomic E-state index is 13.6. The summed E-state index contributed by atoms with van der Waals surface area (Å²) in [5.74, 6) is -0.874. The quantitative estimate of drug-likeness (QED) is 0.875. The zero-order valence-electron chi connectivity index (χ0n) is 9.92. The SMILES string of the molecule is CN(CC1(CO)CCC1)c1cc(F)ccc1F. The van der Waals surface area contributed by atoms with Gasteiger partial charge in [-0.2, -0.15) is 0 Å². The molecule has 2 rings (SSSR count). The first-order valence-corrected chi connectivity index (χ1v) is 5.83. The van der Waals surface area contributed by atoms with Gasteiger partial charge in [0, 0.05) is 25.1 Å². The number of anilines is 1. The second-order valence-corrected chi connectivity index (χ2v) is 4.96. The lowest BCUT2D eigenvalue weighted by Gasteiger charge is -2.43. The first-order chi connectivity index (χ1) is 8.06. The molecule has 94 valence electrons. The number of aliphatic hydroxyl groups excluding tert-OH is 1. The van der Waals surface area contributed by atoms with Crippen LogP contribution in [0.3, 0.4) is 0 Å². The van der Waals surface area contributed by atoms with E-state index in [0.29, 0.717) is 6.54 Å². The van der Waals surface area contributed by atoms with E-state index in [-0.39, 0.29) is 17.7 Å². The third-order valence-corrected chi connectivity index (χ3v) is 3.64. The summed E-state index contributed by atoms with van der Waals surface area (Å²) in [4.78, 5) is 1.69. The molecule has 2 nitrogen and oxygen atoms in total. The highest BCUT2D eigenvalue weighted by Gasteiger charge is 2.37. The lowest BCUT2D eigenvalue weighted by atomic mass is 9.69. The third kappa shape index (κ3) is 2.41. The molecule has 1 aliphatic carbocycles. The van der Waals surface area contributed by atoms with Crippen LogP contribution in [0.15, 0.2) is 18.2 Å². The molecule has 1 fully saturated rings. The molecule has 0 radical (unpaired) electrons. The van der Waals surface area contributed by atoms with Gasteiger partial charge in [-0.15, -0.1) is 0 Å². The molecule has 0 heterocycles. The minimum atomic E-state index is -0.445. The molecule has 1 aromatic carbocycles. The molecule has 1 aliphatic rings. The Morgan fingerprint density at radius 3 is 2.59 bits per heavy atom. The number of rotatable bonds is 4. The van der Waals surface area contributed by atoms with E-state index in [0.717, 1.165) is 31.4 Å². The summed E-state index contributed by atoms with van der Waals surface area (Å²) in [6.45, 7) is 0.665. The van der Waals surface area contributed by atoms with Crippen LogP contribution in [0.2, 0.25) is 0 Å². The Kier molecular flexibility index (Phi) is 3.33. The molecule has 0 aliphatic heterocycles. The number of halogens is 2. The highest BCUT2D eigenvalue weighted by Crippen LogP contribution is 2.41. The Balaban J connectivity index is 2.13. The van der Waals surface area contributed by atoms with Crippen molar-refractivity contribution in [1.29, 1.82) is 0 Å². The van der Waals surface area contributed by atoms with Gasteiger partial charge in [-0.25, -0.2) is 8.78 Å². The number of hydrogen-bond acceptors (Lipinski definition) is 2. The molecule has 1 N–H and O–H groups in total. The maximum Gasteiger partial charge on any atom is 0.146 e. The smallest absolute Gasteiger partial charge is 0.146 e. The van der Waals surface area contributed by atoms with Crippen molar-refractivity contribution in [3.05, 3.63) is 29.8 Å². The van der Waals surface area contributed by atoms with Gasteiger partial charge in [0.15, 0.2) is 0 Å². The summed E-state index contributed by atoms with van der Waals surface area (Å²) < 4.78 is 26.6. The molecule has 0 amide bonds. The predicted molar refractivity (Wildman–Crippen MR) is 63.0 cm³/mol. The van der Waals surface area contributed by atoms with E-state index in [9.17, 15) is 13.9 Å². The summed E-state index contributed by atoms with van der Waals surface area (Å²) in [6.07, 6.45) is 3.00. The molecule has 0 aromatic heterocycles. The highest BCUT2D eigenvalue weighted by atomic mass is 19.1. The molecule has 17 heavy (non-hydrogen) atoms. The van der Waals surface area contributed by atoms with Crippen LogP contribution < -0.4 is 4.90 Å².